The zero-order valence-corrected chi connectivity index (χ0v) is 11.3. The summed E-state index contributed by atoms with van der Waals surface area (Å²) in [6.45, 7) is 2.55. The van der Waals surface area contributed by atoms with Crippen molar-refractivity contribution in [2.75, 3.05) is 18.1 Å². The van der Waals surface area contributed by atoms with Crippen LogP contribution < -0.4 is 4.74 Å². The number of carboxylic acid groups (broad SMARTS) is 1. The van der Waals surface area contributed by atoms with Crippen molar-refractivity contribution in [3.8, 4) is 5.75 Å². The van der Waals surface area contributed by atoms with Gasteiger partial charge in [0, 0.05) is 12.2 Å². The minimum absolute atomic E-state index is 0.261. The third kappa shape index (κ3) is 3.42. The summed E-state index contributed by atoms with van der Waals surface area (Å²) in [5.41, 5.74) is 2.62. The first-order valence-corrected chi connectivity index (χ1v) is 7.37. The summed E-state index contributed by atoms with van der Waals surface area (Å²) in [6.07, 6.45) is 2.00. The van der Waals surface area contributed by atoms with Gasteiger partial charge in [-0.15, -0.1) is 0 Å². The summed E-state index contributed by atoms with van der Waals surface area (Å²) in [7, 11) is 0. The van der Waals surface area contributed by atoms with E-state index in [0.717, 1.165) is 31.0 Å². The van der Waals surface area contributed by atoms with Gasteiger partial charge in [0.2, 0.25) is 0 Å². The third-order valence-electron chi connectivity index (χ3n) is 3.08. The van der Waals surface area contributed by atoms with Crippen molar-refractivity contribution in [2.45, 2.75) is 19.8 Å². The smallest absolute Gasteiger partial charge is 0.307 e. The number of benzene rings is 1. The standard InChI is InChI=1S/C14H18O3S/c1-10(14(15)16)9-18-7-5-11-2-3-13-12(8-11)4-6-17-13/h2-3,8,10H,4-7,9H2,1H3,(H,15,16). The summed E-state index contributed by atoms with van der Waals surface area (Å²) in [5, 5.41) is 8.78. The van der Waals surface area contributed by atoms with Gasteiger partial charge in [0.05, 0.1) is 12.5 Å². The van der Waals surface area contributed by atoms with E-state index < -0.39 is 5.97 Å². The average molecular weight is 266 g/mol. The van der Waals surface area contributed by atoms with E-state index in [-0.39, 0.29) is 5.92 Å². The summed E-state index contributed by atoms with van der Waals surface area (Å²) >= 11 is 1.71. The predicted octanol–water partition coefficient (Wildman–Crippen LogP) is 2.62. The number of carboxylic acids is 1. The van der Waals surface area contributed by atoms with Gasteiger partial charge in [-0.05, 0) is 29.4 Å². The molecule has 0 saturated heterocycles. The third-order valence-corrected chi connectivity index (χ3v) is 4.31. The molecule has 0 aromatic heterocycles. The van der Waals surface area contributed by atoms with E-state index in [1.807, 2.05) is 6.07 Å². The number of carbonyl (C=O) groups is 1. The zero-order valence-electron chi connectivity index (χ0n) is 10.5. The number of hydrogen-bond acceptors (Lipinski definition) is 3. The number of fused-ring (bicyclic) bond motifs is 1. The first kappa shape index (κ1) is 13.3. The minimum atomic E-state index is -0.711. The van der Waals surface area contributed by atoms with E-state index in [2.05, 4.69) is 12.1 Å². The molecule has 0 radical (unpaired) electrons. The predicted molar refractivity (Wildman–Crippen MR) is 73.5 cm³/mol. The van der Waals surface area contributed by atoms with E-state index in [9.17, 15) is 4.79 Å². The lowest BCUT2D eigenvalue weighted by Gasteiger charge is -2.06. The Labute approximate surface area is 112 Å². The van der Waals surface area contributed by atoms with Crippen molar-refractivity contribution in [1.29, 1.82) is 0 Å². The second-order valence-electron chi connectivity index (χ2n) is 4.60. The van der Waals surface area contributed by atoms with Gasteiger partial charge in [0.1, 0.15) is 5.75 Å². The van der Waals surface area contributed by atoms with Crippen LogP contribution in [0.5, 0.6) is 5.75 Å². The molecule has 0 spiro atoms. The van der Waals surface area contributed by atoms with Crippen LogP contribution in [0, 0.1) is 5.92 Å². The molecule has 0 aliphatic carbocycles. The van der Waals surface area contributed by atoms with Crippen molar-refractivity contribution in [2.24, 2.45) is 5.92 Å². The molecule has 4 heteroatoms. The largest absolute Gasteiger partial charge is 0.493 e. The van der Waals surface area contributed by atoms with Crippen LogP contribution >= 0.6 is 11.8 Å². The van der Waals surface area contributed by atoms with Crippen molar-refractivity contribution in [3.63, 3.8) is 0 Å². The van der Waals surface area contributed by atoms with Crippen molar-refractivity contribution < 1.29 is 14.6 Å². The molecule has 0 amide bonds. The molecule has 1 aromatic carbocycles. The average Bonchev–Trinajstić information content (AvgIpc) is 2.81. The maximum absolute atomic E-state index is 10.7. The van der Waals surface area contributed by atoms with Gasteiger partial charge in [0.25, 0.3) is 0 Å². The number of aryl methyl sites for hydroxylation is 1. The Kier molecular flexibility index (Phi) is 4.53. The lowest BCUT2D eigenvalue weighted by molar-refractivity contribution is -0.140. The van der Waals surface area contributed by atoms with E-state index in [4.69, 9.17) is 9.84 Å². The maximum Gasteiger partial charge on any atom is 0.307 e. The van der Waals surface area contributed by atoms with Crippen LogP contribution in [0.15, 0.2) is 18.2 Å². The van der Waals surface area contributed by atoms with Crippen LogP contribution in [0.2, 0.25) is 0 Å². The molecular weight excluding hydrogens is 248 g/mol. The molecule has 1 aromatic rings. The first-order chi connectivity index (χ1) is 8.66. The highest BCUT2D eigenvalue weighted by molar-refractivity contribution is 7.99. The lowest BCUT2D eigenvalue weighted by Crippen LogP contribution is -2.12. The topological polar surface area (TPSA) is 46.5 Å². The van der Waals surface area contributed by atoms with Gasteiger partial charge in [0.15, 0.2) is 0 Å². The van der Waals surface area contributed by atoms with E-state index in [1.54, 1.807) is 18.7 Å². The highest BCUT2D eigenvalue weighted by atomic mass is 32.2. The minimum Gasteiger partial charge on any atom is -0.493 e. The van der Waals surface area contributed by atoms with E-state index in [1.165, 1.54) is 11.1 Å². The molecule has 0 bridgehead atoms. The Balaban J connectivity index is 1.75. The van der Waals surface area contributed by atoms with Crippen molar-refractivity contribution in [1.82, 2.24) is 0 Å². The Bertz CT molecular complexity index is 431. The lowest BCUT2D eigenvalue weighted by atomic mass is 10.1. The zero-order chi connectivity index (χ0) is 13.0. The SMILES string of the molecule is CC(CSCCc1ccc2c(c1)CCO2)C(=O)O. The Morgan fingerprint density at radius 3 is 3.17 bits per heavy atom. The van der Waals surface area contributed by atoms with Crippen LogP contribution in [-0.4, -0.2) is 29.2 Å². The highest BCUT2D eigenvalue weighted by Crippen LogP contribution is 2.26. The van der Waals surface area contributed by atoms with Gasteiger partial charge in [-0.1, -0.05) is 19.1 Å². The second-order valence-corrected chi connectivity index (χ2v) is 5.75. The maximum atomic E-state index is 10.7. The van der Waals surface area contributed by atoms with Gasteiger partial charge in [-0.25, -0.2) is 0 Å². The Morgan fingerprint density at radius 2 is 2.39 bits per heavy atom. The first-order valence-electron chi connectivity index (χ1n) is 6.22. The number of rotatable bonds is 6. The molecule has 98 valence electrons. The quantitative estimate of drug-likeness (QED) is 0.804. The molecule has 1 aliphatic heterocycles. The number of thioether (sulfide) groups is 1. The van der Waals surface area contributed by atoms with Gasteiger partial charge < -0.3 is 9.84 Å². The molecule has 1 aliphatic rings. The van der Waals surface area contributed by atoms with Crippen LogP contribution in [0.1, 0.15) is 18.1 Å². The number of hydrogen-bond donors (Lipinski definition) is 1. The molecular formula is C14H18O3S. The fourth-order valence-corrected chi connectivity index (χ4v) is 2.96. The van der Waals surface area contributed by atoms with E-state index in [0.29, 0.717) is 5.75 Å². The van der Waals surface area contributed by atoms with Crippen LogP contribution in [0.3, 0.4) is 0 Å². The van der Waals surface area contributed by atoms with Crippen LogP contribution in [-0.2, 0) is 17.6 Å². The fourth-order valence-electron chi connectivity index (χ4n) is 1.92. The normalized spacial score (nSPS) is 14.9. The fraction of sp³-hybridized carbons (Fsp3) is 0.500. The van der Waals surface area contributed by atoms with Crippen molar-refractivity contribution >= 4 is 17.7 Å². The van der Waals surface area contributed by atoms with Crippen molar-refractivity contribution in [3.05, 3.63) is 29.3 Å². The highest BCUT2D eigenvalue weighted by Gasteiger charge is 2.12. The molecule has 1 atom stereocenters. The monoisotopic (exact) mass is 266 g/mol. The molecule has 3 nitrogen and oxygen atoms in total. The molecule has 1 N–H and O–H groups in total. The Hall–Kier alpha value is -1.16. The summed E-state index contributed by atoms with van der Waals surface area (Å²) in [5.74, 6) is 1.70. The molecule has 2 rings (SSSR count). The van der Waals surface area contributed by atoms with Gasteiger partial charge >= 0.3 is 5.97 Å². The number of ether oxygens (including phenoxy) is 1. The number of aliphatic carboxylic acids is 1. The molecule has 0 saturated carbocycles. The summed E-state index contributed by atoms with van der Waals surface area (Å²) in [4.78, 5) is 10.7. The van der Waals surface area contributed by atoms with Gasteiger partial charge in [-0.3, -0.25) is 4.79 Å². The molecule has 1 unspecified atom stereocenters. The molecule has 0 fully saturated rings. The Morgan fingerprint density at radius 1 is 1.56 bits per heavy atom. The van der Waals surface area contributed by atoms with Gasteiger partial charge in [-0.2, -0.15) is 11.8 Å². The van der Waals surface area contributed by atoms with E-state index >= 15 is 0 Å². The second kappa shape index (κ2) is 6.14. The van der Waals surface area contributed by atoms with Crippen LogP contribution in [0.25, 0.3) is 0 Å². The summed E-state index contributed by atoms with van der Waals surface area (Å²) in [6, 6.07) is 6.36. The molecule has 1 heterocycles. The molecule has 18 heavy (non-hydrogen) atoms. The summed E-state index contributed by atoms with van der Waals surface area (Å²) < 4.78 is 5.47. The van der Waals surface area contributed by atoms with Crippen LogP contribution in [0.4, 0.5) is 0 Å².